The van der Waals surface area contributed by atoms with Gasteiger partial charge in [0.1, 0.15) is 0 Å². The van der Waals surface area contributed by atoms with Gasteiger partial charge in [-0.05, 0) is 105 Å². The molecule has 1 aliphatic carbocycles. The van der Waals surface area contributed by atoms with Crippen LogP contribution in [0.2, 0.25) is 0 Å². The average molecular weight is 956 g/mol. The van der Waals surface area contributed by atoms with Crippen molar-refractivity contribution in [1.82, 2.24) is 24.1 Å². The van der Waals surface area contributed by atoms with Crippen molar-refractivity contribution < 1.29 is 0 Å². The van der Waals surface area contributed by atoms with Crippen LogP contribution in [0.5, 0.6) is 0 Å². The largest absolute Gasteiger partial charge is 0.309 e. The zero-order valence-electron chi connectivity index (χ0n) is 40.7. The Hall–Kier alpha value is -9.97. The fraction of sp³-hybridized carbons (Fsp3) is 0.0143. The summed E-state index contributed by atoms with van der Waals surface area (Å²) in [5.74, 6) is 1.90. The lowest BCUT2D eigenvalue weighted by atomic mass is 9.67. The molecule has 1 aliphatic rings. The van der Waals surface area contributed by atoms with Gasteiger partial charge in [-0.1, -0.05) is 212 Å². The van der Waals surface area contributed by atoms with E-state index in [0.717, 1.165) is 44.7 Å². The first-order valence-corrected chi connectivity index (χ1v) is 25.6. The minimum atomic E-state index is -0.492. The molecule has 0 spiro atoms. The molecule has 3 aromatic heterocycles. The number of para-hydroxylation sites is 2. The van der Waals surface area contributed by atoms with Crippen LogP contribution in [0.25, 0.3) is 111 Å². The maximum absolute atomic E-state index is 5.07. The summed E-state index contributed by atoms with van der Waals surface area (Å²) < 4.78 is 4.83. The highest BCUT2D eigenvalue weighted by Crippen LogP contribution is 2.56. The van der Waals surface area contributed by atoms with E-state index in [1.807, 2.05) is 60.7 Å². The van der Waals surface area contributed by atoms with Crippen LogP contribution < -0.4 is 0 Å². The minimum Gasteiger partial charge on any atom is -0.309 e. The van der Waals surface area contributed by atoms with Gasteiger partial charge in [0.15, 0.2) is 17.5 Å². The molecule has 0 aliphatic heterocycles. The Bertz CT molecular complexity index is 4420. The highest BCUT2D eigenvalue weighted by Gasteiger charge is 2.46. The van der Waals surface area contributed by atoms with Crippen molar-refractivity contribution in [2.24, 2.45) is 0 Å². The molecule has 0 amide bonds. The third kappa shape index (κ3) is 6.68. The Labute approximate surface area is 434 Å². The number of hydrogen-bond acceptors (Lipinski definition) is 3. The monoisotopic (exact) mass is 955 g/mol. The Balaban J connectivity index is 0.854. The molecule has 5 nitrogen and oxygen atoms in total. The van der Waals surface area contributed by atoms with Crippen molar-refractivity contribution in [2.75, 3.05) is 0 Å². The van der Waals surface area contributed by atoms with Crippen LogP contribution in [-0.4, -0.2) is 24.1 Å². The summed E-state index contributed by atoms with van der Waals surface area (Å²) in [6.45, 7) is 0. The second-order valence-electron chi connectivity index (χ2n) is 19.5. The van der Waals surface area contributed by atoms with Crippen LogP contribution in [0.15, 0.2) is 273 Å². The Morgan fingerprint density at radius 2 is 0.680 bits per heavy atom. The molecule has 5 heteroatoms. The van der Waals surface area contributed by atoms with Crippen molar-refractivity contribution in [3.05, 3.63) is 295 Å². The molecule has 0 fully saturated rings. The van der Waals surface area contributed by atoms with Gasteiger partial charge in [0, 0.05) is 49.6 Å². The van der Waals surface area contributed by atoms with Gasteiger partial charge in [-0.25, -0.2) is 15.0 Å². The quantitative estimate of drug-likeness (QED) is 0.152. The second kappa shape index (κ2) is 17.1. The predicted molar refractivity (Wildman–Crippen MR) is 308 cm³/mol. The second-order valence-corrected chi connectivity index (χ2v) is 19.5. The fourth-order valence-electron chi connectivity index (χ4n) is 12.2. The third-order valence-corrected chi connectivity index (χ3v) is 15.4. The zero-order chi connectivity index (χ0) is 49.5. The topological polar surface area (TPSA) is 48.5 Å². The number of rotatable bonds is 8. The number of nitrogens with zero attached hydrogens (tertiary/aromatic N) is 5. The highest BCUT2D eigenvalue weighted by atomic mass is 15.0. The molecule has 0 saturated carbocycles. The van der Waals surface area contributed by atoms with E-state index in [2.05, 4.69) is 221 Å². The molecular formula is C70H45N5. The van der Waals surface area contributed by atoms with E-state index >= 15 is 0 Å². The minimum absolute atomic E-state index is 0.492. The highest BCUT2D eigenvalue weighted by molar-refractivity contribution is 6.13. The molecule has 0 bridgehead atoms. The van der Waals surface area contributed by atoms with Crippen LogP contribution in [0.4, 0.5) is 0 Å². The van der Waals surface area contributed by atoms with E-state index < -0.39 is 5.41 Å². The van der Waals surface area contributed by atoms with Crippen LogP contribution in [0.1, 0.15) is 22.3 Å². The standard InChI is InChI=1S/C70H45N5/c1-5-20-46(21-6-1)67-71-68(47-22-7-2-8-23-47)73-69(72-67)50-24-19-29-53(42-50)74-63-34-17-14-31-57(63)59-43-48(36-40-65(59)74)49-37-41-66-60(44-49)58-32-15-18-35-64(58)75(66)54-38-39-56-55-30-13-16-33-61(55)70(62(56)45-54,51-25-9-3-10-26-51)52-27-11-4-12-28-52/h1-45H. The van der Waals surface area contributed by atoms with E-state index in [9.17, 15) is 0 Å². The average Bonchev–Trinajstić information content (AvgIpc) is 4.21. The smallest absolute Gasteiger partial charge is 0.164 e. The van der Waals surface area contributed by atoms with Crippen molar-refractivity contribution in [3.63, 3.8) is 0 Å². The number of benzene rings is 11. The molecule has 11 aromatic carbocycles. The molecule has 350 valence electrons. The van der Waals surface area contributed by atoms with Gasteiger partial charge in [0.05, 0.1) is 27.5 Å². The normalized spacial score (nSPS) is 12.6. The van der Waals surface area contributed by atoms with Gasteiger partial charge in [-0.2, -0.15) is 0 Å². The van der Waals surface area contributed by atoms with Crippen LogP contribution in [0, 0.1) is 0 Å². The van der Waals surface area contributed by atoms with Gasteiger partial charge in [-0.3, -0.25) is 0 Å². The maximum Gasteiger partial charge on any atom is 0.164 e. The Morgan fingerprint density at radius 1 is 0.253 bits per heavy atom. The Kier molecular flexibility index (Phi) is 9.72. The van der Waals surface area contributed by atoms with Gasteiger partial charge >= 0.3 is 0 Å². The van der Waals surface area contributed by atoms with Gasteiger partial charge in [0.25, 0.3) is 0 Å². The SMILES string of the molecule is c1ccc(-c2nc(-c3ccccc3)nc(-c3cccc(-n4c5ccccc5c5cc(-c6ccc7c(c6)c6ccccc6n7-c6ccc7c(c6)C(c6ccccc6)(c6ccccc6)c6ccccc6-7)ccc54)c3)n2)cc1. The Morgan fingerprint density at radius 3 is 1.24 bits per heavy atom. The summed E-state index contributed by atoms with van der Waals surface area (Å²) in [6.07, 6.45) is 0. The van der Waals surface area contributed by atoms with Crippen molar-refractivity contribution >= 4 is 43.6 Å². The molecule has 75 heavy (non-hydrogen) atoms. The predicted octanol–water partition coefficient (Wildman–Crippen LogP) is 17.1. The first kappa shape index (κ1) is 42.7. The lowest BCUT2D eigenvalue weighted by Crippen LogP contribution is -2.28. The van der Waals surface area contributed by atoms with E-state index in [4.69, 9.17) is 15.0 Å². The molecule has 0 radical (unpaired) electrons. The maximum atomic E-state index is 5.07. The summed E-state index contributed by atoms with van der Waals surface area (Å²) in [6, 6.07) is 98.5. The molecule has 14 aromatic rings. The van der Waals surface area contributed by atoms with E-state index in [1.165, 1.54) is 71.5 Å². The summed E-state index contributed by atoms with van der Waals surface area (Å²) in [5.41, 5.74) is 19.1. The molecule has 0 saturated heterocycles. The number of hydrogen-bond donors (Lipinski definition) is 0. The van der Waals surface area contributed by atoms with Gasteiger partial charge < -0.3 is 9.13 Å². The van der Waals surface area contributed by atoms with Gasteiger partial charge in [0.2, 0.25) is 0 Å². The van der Waals surface area contributed by atoms with Crippen LogP contribution >= 0.6 is 0 Å². The summed E-state index contributed by atoms with van der Waals surface area (Å²) in [5, 5.41) is 4.82. The first-order valence-electron chi connectivity index (χ1n) is 25.6. The summed E-state index contributed by atoms with van der Waals surface area (Å²) >= 11 is 0. The van der Waals surface area contributed by atoms with Crippen molar-refractivity contribution in [2.45, 2.75) is 5.41 Å². The number of fused-ring (bicyclic) bond motifs is 9. The number of aromatic nitrogens is 5. The fourth-order valence-corrected chi connectivity index (χ4v) is 12.2. The van der Waals surface area contributed by atoms with E-state index in [-0.39, 0.29) is 0 Å². The van der Waals surface area contributed by atoms with E-state index in [0.29, 0.717) is 17.5 Å². The third-order valence-electron chi connectivity index (χ3n) is 15.4. The molecule has 3 heterocycles. The van der Waals surface area contributed by atoms with Gasteiger partial charge in [-0.15, -0.1) is 0 Å². The lowest BCUT2D eigenvalue weighted by Gasteiger charge is -2.34. The zero-order valence-corrected chi connectivity index (χ0v) is 40.7. The van der Waals surface area contributed by atoms with Crippen LogP contribution in [0.3, 0.4) is 0 Å². The van der Waals surface area contributed by atoms with Crippen LogP contribution in [-0.2, 0) is 5.41 Å². The first-order chi connectivity index (χ1) is 37.2. The molecule has 0 N–H and O–H groups in total. The lowest BCUT2D eigenvalue weighted by molar-refractivity contribution is 0.767. The molecule has 15 rings (SSSR count). The van der Waals surface area contributed by atoms with Crippen molar-refractivity contribution in [1.29, 1.82) is 0 Å². The molecular weight excluding hydrogens is 911 g/mol. The summed E-state index contributed by atoms with van der Waals surface area (Å²) in [7, 11) is 0. The molecule has 0 unspecified atom stereocenters. The molecule has 0 atom stereocenters. The summed E-state index contributed by atoms with van der Waals surface area (Å²) in [4.78, 5) is 15.1. The van der Waals surface area contributed by atoms with E-state index in [1.54, 1.807) is 0 Å². The van der Waals surface area contributed by atoms with Crippen molar-refractivity contribution in [3.8, 4) is 67.8 Å².